The van der Waals surface area contributed by atoms with Crippen molar-refractivity contribution in [2.45, 2.75) is 13.3 Å². The maximum Gasteiger partial charge on any atom is 0.0107 e. The first-order valence-corrected chi connectivity index (χ1v) is 3.86. The highest BCUT2D eigenvalue weighted by Crippen LogP contribution is 1.92. The van der Waals surface area contributed by atoms with Crippen LogP contribution >= 0.6 is 24.8 Å². The Balaban J connectivity index is 0. The molecule has 0 bridgehead atoms. The Kier molecular flexibility index (Phi) is 11.0. The number of piperazine rings is 1. The minimum absolute atomic E-state index is 0. The van der Waals surface area contributed by atoms with Gasteiger partial charge in [0.25, 0.3) is 0 Å². The van der Waals surface area contributed by atoms with E-state index in [4.69, 9.17) is 0 Å². The van der Waals surface area contributed by atoms with Crippen molar-refractivity contribution in [1.29, 1.82) is 0 Å². The lowest BCUT2D eigenvalue weighted by Crippen LogP contribution is -2.43. The monoisotopic (exact) mass is 200 g/mol. The molecule has 0 saturated carbocycles. The average molecular weight is 201 g/mol. The van der Waals surface area contributed by atoms with E-state index in [9.17, 15) is 0 Å². The van der Waals surface area contributed by atoms with Crippen LogP contribution in [0.1, 0.15) is 13.3 Å². The summed E-state index contributed by atoms with van der Waals surface area (Å²) in [6.07, 6.45) is 1.29. The van der Waals surface area contributed by atoms with E-state index in [1.807, 2.05) is 0 Å². The predicted molar refractivity (Wildman–Crippen MR) is 54.1 cm³/mol. The lowest BCUT2D eigenvalue weighted by Gasteiger charge is -2.26. The molecule has 1 aliphatic rings. The standard InChI is InChI=1S/C7H16N2.2ClH/c1-2-5-9-6-3-8-4-7-9;;/h8H,2-7H2,1H3;2*1H. The summed E-state index contributed by atoms with van der Waals surface area (Å²) in [5, 5.41) is 3.33. The van der Waals surface area contributed by atoms with Crippen LogP contribution in [-0.2, 0) is 0 Å². The fourth-order valence-corrected chi connectivity index (χ4v) is 1.25. The van der Waals surface area contributed by atoms with Crippen LogP contribution in [0.2, 0.25) is 0 Å². The quantitative estimate of drug-likeness (QED) is 0.720. The van der Waals surface area contributed by atoms with Gasteiger partial charge in [-0.1, -0.05) is 6.92 Å². The van der Waals surface area contributed by atoms with E-state index in [2.05, 4.69) is 17.1 Å². The second-order valence-electron chi connectivity index (χ2n) is 2.59. The molecule has 4 heteroatoms. The summed E-state index contributed by atoms with van der Waals surface area (Å²) in [5.41, 5.74) is 0. The van der Waals surface area contributed by atoms with Crippen LogP contribution in [0.15, 0.2) is 0 Å². The Labute approximate surface area is 81.5 Å². The Bertz CT molecular complexity index is 72.1. The summed E-state index contributed by atoms with van der Waals surface area (Å²) in [6.45, 7) is 8.37. The van der Waals surface area contributed by atoms with Crippen LogP contribution in [0.5, 0.6) is 0 Å². The molecular formula is C7H18Cl2N2. The number of nitrogens with zero attached hydrogens (tertiary/aromatic N) is 1. The SMILES string of the molecule is CCCN1CCNCC1.Cl.Cl. The molecule has 0 amide bonds. The van der Waals surface area contributed by atoms with Gasteiger partial charge in [0.2, 0.25) is 0 Å². The molecule has 70 valence electrons. The molecule has 0 aliphatic carbocycles. The van der Waals surface area contributed by atoms with Gasteiger partial charge in [0.1, 0.15) is 0 Å². The van der Waals surface area contributed by atoms with Crippen molar-refractivity contribution in [2.75, 3.05) is 32.7 Å². The van der Waals surface area contributed by atoms with E-state index >= 15 is 0 Å². The number of nitrogens with one attached hydrogen (secondary N) is 1. The van der Waals surface area contributed by atoms with Gasteiger partial charge in [0.05, 0.1) is 0 Å². The first kappa shape index (κ1) is 14.0. The maximum absolute atomic E-state index is 3.33. The van der Waals surface area contributed by atoms with Gasteiger partial charge in [-0.05, 0) is 13.0 Å². The molecule has 0 atom stereocenters. The molecule has 1 heterocycles. The third-order valence-electron chi connectivity index (χ3n) is 1.75. The number of hydrogen-bond acceptors (Lipinski definition) is 2. The molecule has 0 spiro atoms. The summed E-state index contributed by atoms with van der Waals surface area (Å²) < 4.78 is 0. The molecule has 0 unspecified atom stereocenters. The lowest BCUT2D eigenvalue weighted by atomic mass is 10.3. The number of hydrogen-bond donors (Lipinski definition) is 1. The molecule has 11 heavy (non-hydrogen) atoms. The third-order valence-corrected chi connectivity index (χ3v) is 1.75. The largest absolute Gasteiger partial charge is 0.314 e. The molecule has 0 radical (unpaired) electrons. The summed E-state index contributed by atoms with van der Waals surface area (Å²) in [7, 11) is 0. The molecule has 1 N–H and O–H groups in total. The minimum Gasteiger partial charge on any atom is -0.314 e. The van der Waals surface area contributed by atoms with Crippen molar-refractivity contribution in [3.8, 4) is 0 Å². The summed E-state index contributed by atoms with van der Waals surface area (Å²) in [5.74, 6) is 0. The summed E-state index contributed by atoms with van der Waals surface area (Å²) >= 11 is 0. The first-order valence-electron chi connectivity index (χ1n) is 3.86. The topological polar surface area (TPSA) is 15.3 Å². The minimum atomic E-state index is 0. The number of rotatable bonds is 2. The third kappa shape index (κ3) is 5.74. The second kappa shape index (κ2) is 8.60. The van der Waals surface area contributed by atoms with Gasteiger partial charge in [-0.25, -0.2) is 0 Å². The Morgan fingerprint density at radius 1 is 1.18 bits per heavy atom. The molecule has 0 aromatic carbocycles. The van der Waals surface area contributed by atoms with E-state index in [1.54, 1.807) is 0 Å². The Hall–Kier alpha value is 0.500. The van der Waals surface area contributed by atoms with Gasteiger partial charge in [0, 0.05) is 26.2 Å². The van der Waals surface area contributed by atoms with Crippen molar-refractivity contribution < 1.29 is 0 Å². The highest BCUT2D eigenvalue weighted by atomic mass is 35.5. The van der Waals surface area contributed by atoms with Crippen LogP contribution in [-0.4, -0.2) is 37.6 Å². The van der Waals surface area contributed by atoms with Crippen molar-refractivity contribution >= 4 is 24.8 Å². The van der Waals surface area contributed by atoms with E-state index in [0.717, 1.165) is 0 Å². The zero-order valence-electron chi connectivity index (χ0n) is 7.01. The van der Waals surface area contributed by atoms with Gasteiger partial charge >= 0.3 is 0 Å². The van der Waals surface area contributed by atoms with Gasteiger partial charge in [-0.15, -0.1) is 24.8 Å². The highest BCUT2D eigenvalue weighted by Gasteiger charge is 2.06. The molecule has 1 aliphatic heterocycles. The zero-order valence-corrected chi connectivity index (χ0v) is 8.64. The molecule has 1 rings (SSSR count). The van der Waals surface area contributed by atoms with Gasteiger partial charge in [-0.2, -0.15) is 0 Å². The maximum atomic E-state index is 3.33. The molecule has 0 aromatic heterocycles. The Morgan fingerprint density at radius 2 is 1.73 bits per heavy atom. The van der Waals surface area contributed by atoms with Crippen LogP contribution in [0, 0.1) is 0 Å². The molecule has 1 saturated heterocycles. The normalized spacial score (nSPS) is 18.3. The molecule has 1 fully saturated rings. The smallest absolute Gasteiger partial charge is 0.0107 e. The van der Waals surface area contributed by atoms with Crippen LogP contribution in [0.3, 0.4) is 0 Å². The fraction of sp³-hybridized carbons (Fsp3) is 1.00. The van der Waals surface area contributed by atoms with Crippen molar-refractivity contribution in [2.24, 2.45) is 0 Å². The second-order valence-corrected chi connectivity index (χ2v) is 2.59. The van der Waals surface area contributed by atoms with Crippen LogP contribution in [0.25, 0.3) is 0 Å². The first-order chi connectivity index (χ1) is 4.43. The van der Waals surface area contributed by atoms with Crippen molar-refractivity contribution in [3.63, 3.8) is 0 Å². The van der Waals surface area contributed by atoms with E-state index in [0.29, 0.717) is 0 Å². The summed E-state index contributed by atoms with van der Waals surface area (Å²) in [6, 6.07) is 0. The van der Waals surface area contributed by atoms with Gasteiger partial charge < -0.3 is 10.2 Å². The van der Waals surface area contributed by atoms with E-state index in [1.165, 1.54) is 39.1 Å². The molecule has 0 aromatic rings. The predicted octanol–water partition coefficient (Wildman–Crippen LogP) is 1.15. The zero-order chi connectivity index (χ0) is 6.53. The highest BCUT2D eigenvalue weighted by molar-refractivity contribution is 5.85. The van der Waals surface area contributed by atoms with Crippen LogP contribution < -0.4 is 5.32 Å². The van der Waals surface area contributed by atoms with Crippen molar-refractivity contribution in [1.82, 2.24) is 10.2 Å². The molecular weight excluding hydrogens is 183 g/mol. The van der Waals surface area contributed by atoms with Gasteiger partial charge in [0.15, 0.2) is 0 Å². The van der Waals surface area contributed by atoms with E-state index < -0.39 is 0 Å². The average Bonchev–Trinajstić information content (AvgIpc) is 1.91. The van der Waals surface area contributed by atoms with E-state index in [-0.39, 0.29) is 24.8 Å². The lowest BCUT2D eigenvalue weighted by molar-refractivity contribution is 0.241. The molecule has 2 nitrogen and oxygen atoms in total. The Morgan fingerprint density at radius 3 is 2.18 bits per heavy atom. The van der Waals surface area contributed by atoms with Gasteiger partial charge in [-0.3, -0.25) is 0 Å². The number of halogens is 2. The summed E-state index contributed by atoms with van der Waals surface area (Å²) in [4.78, 5) is 2.51. The van der Waals surface area contributed by atoms with Crippen LogP contribution in [0.4, 0.5) is 0 Å². The van der Waals surface area contributed by atoms with Crippen molar-refractivity contribution in [3.05, 3.63) is 0 Å². The fourth-order valence-electron chi connectivity index (χ4n) is 1.25.